The minimum absolute atomic E-state index is 0.00468. The topological polar surface area (TPSA) is 102 Å². The fourth-order valence-corrected chi connectivity index (χ4v) is 2.96. The van der Waals surface area contributed by atoms with Crippen LogP contribution < -0.4 is 20.9 Å². The zero-order valence-electron chi connectivity index (χ0n) is 16.8. The van der Waals surface area contributed by atoms with E-state index in [4.69, 9.17) is 4.74 Å². The predicted octanol–water partition coefficient (Wildman–Crippen LogP) is 2.92. The minimum atomic E-state index is -0.455. The van der Waals surface area contributed by atoms with Gasteiger partial charge in [-0.25, -0.2) is 4.68 Å². The molecule has 1 aliphatic rings. The Balaban J connectivity index is 1.38. The number of aromatic nitrogens is 2. The fourth-order valence-electron chi connectivity index (χ4n) is 2.96. The summed E-state index contributed by atoms with van der Waals surface area (Å²) in [6, 6.07) is 18.8. The molecule has 2 aromatic carbocycles. The molecule has 8 nitrogen and oxygen atoms in total. The third-order valence-corrected chi connectivity index (χ3v) is 4.75. The van der Waals surface area contributed by atoms with Gasteiger partial charge in [-0.1, -0.05) is 24.3 Å². The summed E-state index contributed by atoms with van der Waals surface area (Å²) in [5.41, 5.74) is 0.918. The second-order valence-electron chi connectivity index (χ2n) is 7.24. The molecule has 1 aliphatic carbocycles. The molecule has 31 heavy (non-hydrogen) atoms. The number of hydrogen-bond acceptors (Lipinski definition) is 5. The Kier molecular flexibility index (Phi) is 6.07. The van der Waals surface area contributed by atoms with Gasteiger partial charge in [0.2, 0.25) is 5.91 Å². The number of nitrogens with zero attached hydrogens (tertiary/aromatic N) is 2. The van der Waals surface area contributed by atoms with Crippen LogP contribution in [0.5, 0.6) is 5.75 Å². The van der Waals surface area contributed by atoms with Crippen LogP contribution in [0.25, 0.3) is 0 Å². The van der Waals surface area contributed by atoms with Crippen molar-refractivity contribution < 1.29 is 14.3 Å². The summed E-state index contributed by atoms with van der Waals surface area (Å²) < 4.78 is 6.79. The van der Waals surface area contributed by atoms with Crippen LogP contribution in [0, 0.1) is 5.92 Å². The summed E-state index contributed by atoms with van der Waals surface area (Å²) in [6.45, 7) is 0.447. The number of benzene rings is 2. The lowest BCUT2D eigenvalue weighted by Gasteiger charge is -2.10. The molecule has 0 atom stereocenters. The van der Waals surface area contributed by atoms with E-state index in [0.29, 0.717) is 17.1 Å². The van der Waals surface area contributed by atoms with Gasteiger partial charge < -0.3 is 15.4 Å². The molecule has 0 unspecified atom stereocenters. The molecule has 0 saturated heterocycles. The van der Waals surface area contributed by atoms with Gasteiger partial charge in [0, 0.05) is 23.4 Å². The number of hydrogen-bond donors (Lipinski definition) is 2. The van der Waals surface area contributed by atoms with Crippen LogP contribution >= 0.6 is 0 Å². The van der Waals surface area contributed by atoms with Crippen molar-refractivity contribution in [3.8, 4) is 5.75 Å². The van der Waals surface area contributed by atoms with Crippen molar-refractivity contribution in [1.82, 2.24) is 9.78 Å². The average molecular weight is 418 g/mol. The number of anilines is 2. The number of carbonyl (C=O) groups excluding carboxylic acids is 2. The molecule has 2 N–H and O–H groups in total. The monoisotopic (exact) mass is 418 g/mol. The van der Waals surface area contributed by atoms with Crippen LogP contribution in [-0.2, 0) is 11.3 Å². The summed E-state index contributed by atoms with van der Waals surface area (Å²) in [5.74, 6) is 0.325. The second-order valence-corrected chi connectivity index (χ2v) is 7.24. The van der Waals surface area contributed by atoms with Gasteiger partial charge in [-0.15, -0.1) is 0 Å². The van der Waals surface area contributed by atoms with Gasteiger partial charge in [0.15, 0.2) is 0 Å². The molecule has 1 fully saturated rings. The molecule has 0 bridgehead atoms. The first-order valence-corrected chi connectivity index (χ1v) is 10.1. The van der Waals surface area contributed by atoms with Crippen molar-refractivity contribution in [1.29, 1.82) is 0 Å². The van der Waals surface area contributed by atoms with Crippen molar-refractivity contribution in [3.63, 3.8) is 0 Å². The number of para-hydroxylation sites is 1. The zero-order valence-corrected chi connectivity index (χ0v) is 16.8. The quantitative estimate of drug-likeness (QED) is 0.586. The first kappa shape index (κ1) is 20.3. The molecule has 0 radical (unpaired) electrons. The number of rotatable bonds is 8. The lowest BCUT2D eigenvalue weighted by atomic mass is 10.2. The van der Waals surface area contributed by atoms with E-state index in [1.54, 1.807) is 24.3 Å². The van der Waals surface area contributed by atoms with Gasteiger partial charge in [-0.05, 0) is 49.2 Å². The zero-order chi connectivity index (χ0) is 21.6. The summed E-state index contributed by atoms with van der Waals surface area (Å²) in [4.78, 5) is 36.6. The van der Waals surface area contributed by atoms with Crippen molar-refractivity contribution in [3.05, 3.63) is 82.8 Å². The molecule has 0 aliphatic heterocycles. The highest BCUT2D eigenvalue weighted by Gasteiger charge is 2.29. The number of nitrogens with one attached hydrogen (secondary N) is 2. The van der Waals surface area contributed by atoms with Gasteiger partial charge in [-0.3, -0.25) is 14.4 Å². The Morgan fingerprint density at radius 3 is 2.45 bits per heavy atom. The van der Waals surface area contributed by atoms with Crippen LogP contribution in [0.4, 0.5) is 11.4 Å². The van der Waals surface area contributed by atoms with Gasteiger partial charge in [-0.2, -0.15) is 5.10 Å². The van der Waals surface area contributed by atoms with E-state index in [-0.39, 0.29) is 36.2 Å². The highest BCUT2D eigenvalue weighted by atomic mass is 16.5. The van der Waals surface area contributed by atoms with Gasteiger partial charge in [0.1, 0.15) is 18.1 Å². The molecular weight excluding hydrogens is 396 g/mol. The molecule has 1 saturated carbocycles. The molecule has 1 aromatic heterocycles. The highest BCUT2D eigenvalue weighted by molar-refractivity contribution is 6.03. The lowest BCUT2D eigenvalue weighted by molar-refractivity contribution is -0.117. The smallest absolute Gasteiger partial charge is 0.276 e. The van der Waals surface area contributed by atoms with Crippen LogP contribution in [0.3, 0.4) is 0 Å². The molecule has 0 spiro atoms. The predicted molar refractivity (Wildman–Crippen MR) is 116 cm³/mol. The Morgan fingerprint density at radius 1 is 0.968 bits per heavy atom. The van der Waals surface area contributed by atoms with E-state index in [9.17, 15) is 14.4 Å². The van der Waals surface area contributed by atoms with Crippen molar-refractivity contribution in [2.75, 3.05) is 17.2 Å². The lowest BCUT2D eigenvalue weighted by Crippen LogP contribution is -2.28. The van der Waals surface area contributed by atoms with E-state index < -0.39 is 5.91 Å². The first-order valence-electron chi connectivity index (χ1n) is 10.1. The van der Waals surface area contributed by atoms with Crippen molar-refractivity contribution in [2.45, 2.75) is 19.4 Å². The number of amides is 2. The second kappa shape index (κ2) is 9.25. The first-order chi connectivity index (χ1) is 15.1. The third kappa shape index (κ3) is 5.57. The summed E-state index contributed by atoms with van der Waals surface area (Å²) in [6.07, 6.45) is 1.83. The minimum Gasteiger partial charge on any atom is -0.492 e. The van der Waals surface area contributed by atoms with Crippen LogP contribution in [0.1, 0.15) is 23.3 Å². The highest BCUT2D eigenvalue weighted by Crippen LogP contribution is 2.30. The largest absolute Gasteiger partial charge is 0.492 e. The molecule has 3 aromatic rings. The Hall–Kier alpha value is -3.94. The van der Waals surface area contributed by atoms with Crippen molar-refractivity contribution >= 4 is 23.2 Å². The summed E-state index contributed by atoms with van der Waals surface area (Å²) in [7, 11) is 0. The summed E-state index contributed by atoms with van der Waals surface area (Å²) >= 11 is 0. The van der Waals surface area contributed by atoms with Gasteiger partial charge in [0.05, 0.1) is 6.54 Å². The van der Waals surface area contributed by atoms with Gasteiger partial charge in [0.25, 0.3) is 11.5 Å². The van der Waals surface area contributed by atoms with Crippen LogP contribution in [-0.4, -0.2) is 28.2 Å². The normalized spacial score (nSPS) is 12.8. The Labute approximate surface area is 178 Å². The third-order valence-electron chi connectivity index (χ3n) is 4.75. The Morgan fingerprint density at radius 2 is 1.71 bits per heavy atom. The number of carbonyl (C=O) groups is 2. The maximum atomic E-state index is 12.6. The van der Waals surface area contributed by atoms with E-state index in [1.165, 1.54) is 16.8 Å². The molecule has 2 amide bonds. The SMILES string of the molecule is O=C(Nc1cccc(NC(=O)C2CC2)c1)c1ccc(=O)n(CCOc2ccccc2)n1. The molecular formula is C23H22N4O4. The van der Waals surface area contributed by atoms with E-state index >= 15 is 0 Å². The summed E-state index contributed by atoms with van der Waals surface area (Å²) in [5, 5.41) is 9.74. The van der Waals surface area contributed by atoms with E-state index in [0.717, 1.165) is 12.8 Å². The van der Waals surface area contributed by atoms with E-state index in [1.807, 2.05) is 30.3 Å². The van der Waals surface area contributed by atoms with Crippen LogP contribution in [0.15, 0.2) is 71.5 Å². The number of ether oxygens (including phenoxy) is 1. The van der Waals surface area contributed by atoms with Gasteiger partial charge >= 0.3 is 0 Å². The van der Waals surface area contributed by atoms with Crippen LogP contribution in [0.2, 0.25) is 0 Å². The molecule has 158 valence electrons. The standard InChI is InChI=1S/C23H22N4O4/c28-21-12-11-20(26-27(21)13-14-31-19-7-2-1-3-8-19)23(30)25-18-6-4-5-17(15-18)24-22(29)16-9-10-16/h1-8,11-12,15-16H,9-10,13-14H2,(H,24,29)(H,25,30). The average Bonchev–Trinajstić information content (AvgIpc) is 3.62. The maximum Gasteiger partial charge on any atom is 0.276 e. The molecule has 1 heterocycles. The fraction of sp³-hybridized carbons (Fsp3) is 0.217. The van der Waals surface area contributed by atoms with E-state index in [2.05, 4.69) is 15.7 Å². The maximum absolute atomic E-state index is 12.6. The molecule has 8 heteroatoms. The Bertz CT molecular complexity index is 1140. The molecule has 4 rings (SSSR count). The van der Waals surface area contributed by atoms with Crippen molar-refractivity contribution in [2.24, 2.45) is 5.92 Å².